The van der Waals surface area contributed by atoms with Crippen molar-refractivity contribution in [2.24, 2.45) is 11.1 Å². The van der Waals surface area contributed by atoms with E-state index in [1.807, 2.05) is 12.1 Å². The van der Waals surface area contributed by atoms with E-state index >= 15 is 0 Å². The average Bonchev–Trinajstić information content (AvgIpc) is 2.55. The molecule has 7 nitrogen and oxygen atoms in total. The predicted octanol–water partition coefficient (Wildman–Crippen LogP) is 1.58. The molecule has 124 valence electrons. The van der Waals surface area contributed by atoms with Gasteiger partial charge in [-0.1, -0.05) is 0 Å². The molecule has 3 rings (SSSR count). The Labute approximate surface area is 139 Å². The fourth-order valence-electron chi connectivity index (χ4n) is 2.87. The zero-order valence-corrected chi connectivity index (χ0v) is 14.1. The molecule has 1 saturated heterocycles. The van der Waals surface area contributed by atoms with E-state index < -0.39 is 0 Å². The molecule has 0 saturated carbocycles. The van der Waals surface area contributed by atoms with E-state index in [0.717, 1.165) is 48.5 Å². The first kappa shape index (κ1) is 16.1. The summed E-state index contributed by atoms with van der Waals surface area (Å²) in [5.74, 6) is 3.03. The van der Waals surface area contributed by atoms with Crippen LogP contribution in [0.15, 0.2) is 18.5 Å². The summed E-state index contributed by atoms with van der Waals surface area (Å²) in [5.41, 5.74) is 0.808. The lowest BCUT2D eigenvalue weighted by Gasteiger charge is -2.40. The van der Waals surface area contributed by atoms with Gasteiger partial charge in [0.1, 0.15) is 29.2 Å². The lowest BCUT2D eigenvalue weighted by molar-refractivity contribution is 0.383. The number of nitrogens with one attached hydrogen (secondary N) is 1. The topological polar surface area (TPSA) is 85.5 Å². The molecule has 1 aliphatic rings. The number of benzene rings is 1. The van der Waals surface area contributed by atoms with Crippen LogP contribution in [0, 0.1) is 5.92 Å². The first-order valence-corrected chi connectivity index (χ1v) is 8.35. The summed E-state index contributed by atoms with van der Waals surface area (Å²) < 4.78 is 13.9. The maximum absolute atomic E-state index is 5.43. The molecule has 1 aromatic heterocycles. The van der Waals surface area contributed by atoms with Crippen molar-refractivity contribution in [2.45, 2.75) is 6.42 Å². The van der Waals surface area contributed by atoms with Crippen molar-refractivity contribution >= 4 is 28.9 Å². The van der Waals surface area contributed by atoms with Gasteiger partial charge >= 0.3 is 0 Å². The van der Waals surface area contributed by atoms with Gasteiger partial charge in [-0.3, -0.25) is 9.86 Å². The van der Waals surface area contributed by atoms with Crippen LogP contribution in [-0.4, -0.2) is 43.8 Å². The minimum atomic E-state index is 0.659. The SMILES string of the molecule is COc1cc(OC)c2ncnc(N3CC(CCNSN)C3)c2c1. The lowest BCUT2D eigenvalue weighted by Crippen LogP contribution is -2.48. The molecule has 23 heavy (non-hydrogen) atoms. The van der Waals surface area contributed by atoms with Gasteiger partial charge in [0.25, 0.3) is 0 Å². The number of hydrogen-bond donors (Lipinski definition) is 2. The first-order chi connectivity index (χ1) is 11.3. The van der Waals surface area contributed by atoms with Crippen LogP contribution in [0.5, 0.6) is 11.5 Å². The van der Waals surface area contributed by atoms with Crippen molar-refractivity contribution in [3.8, 4) is 11.5 Å². The number of nitrogens with zero attached hydrogens (tertiary/aromatic N) is 3. The second kappa shape index (κ2) is 7.20. The van der Waals surface area contributed by atoms with E-state index in [9.17, 15) is 0 Å². The molecule has 0 bridgehead atoms. The van der Waals surface area contributed by atoms with Crippen molar-refractivity contribution < 1.29 is 9.47 Å². The van der Waals surface area contributed by atoms with E-state index in [1.54, 1.807) is 20.5 Å². The van der Waals surface area contributed by atoms with E-state index in [1.165, 1.54) is 12.1 Å². The first-order valence-electron chi connectivity index (χ1n) is 7.47. The Morgan fingerprint density at radius 2 is 2.13 bits per heavy atom. The van der Waals surface area contributed by atoms with E-state index in [2.05, 4.69) is 19.6 Å². The van der Waals surface area contributed by atoms with Crippen LogP contribution in [0.4, 0.5) is 5.82 Å². The van der Waals surface area contributed by atoms with Crippen LogP contribution >= 0.6 is 12.1 Å². The fraction of sp³-hybridized carbons (Fsp3) is 0.467. The quantitative estimate of drug-likeness (QED) is 0.583. The Hall–Kier alpha value is -1.77. The zero-order valence-electron chi connectivity index (χ0n) is 13.3. The second-order valence-electron chi connectivity index (χ2n) is 5.49. The van der Waals surface area contributed by atoms with E-state index in [0.29, 0.717) is 11.7 Å². The molecule has 3 N–H and O–H groups in total. The summed E-state index contributed by atoms with van der Waals surface area (Å²) in [6.45, 7) is 2.90. The number of anilines is 1. The van der Waals surface area contributed by atoms with Gasteiger partial charge in [-0.25, -0.2) is 9.97 Å². The Bertz CT molecular complexity index is 678. The molecule has 8 heteroatoms. The molecule has 1 aliphatic heterocycles. The number of aromatic nitrogens is 2. The lowest BCUT2D eigenvalue weighted by atomic mass is 9.96. The summed E-state index contributed by atoms with van der Waals surface area (Å²) in [7, 11) is 3.28. The maximum atomic E-state index is 5.43. The number of hydrogen-bond acceptors (Lipinski definition) is 8. The van der Waals surface area contributed by atoms with Crippen molar-refractivity contribution in [3.05, 3.63) is 18.5 Å². The zero-order chi connectivity index (χ0) is 16.2. The smallest absolute Gasteiger partial charge is 0.148 e. The number of nitrogens with two attached hydrogens (primary N) is 1. The molecular weight excluding hydrogens is 314 g/mol. The van der Waals surface area contributed by atoms with E-state index in [-0.39, 0.29) is 0 Å². The third-order valence-electron chi connectivity index (χ3n) is 4.11. The standard InChI is InChI=1S/C15H21N5O2S/c1-21-11-5-12-14(13(6-11)22-2)17-9-18-15(12)20-7-10(8-20)3-4-19-23-16/h5-6,9-10,19H,3-4,7-8,16H2,1-2H3. The van der Waals surface area contributed by atoms with Crippen LogP contribution in [0.25, 0.3) is 10.9 Å². The number of ether oxygens (including phenoxy) is 2. The molecule has 2 aromatic rings. The third-order valence-corrected chi connectivity index (χ3v) is 4.48. The molecule has 1 fully saturated rings. The molecule has 0 spiro atoms. The monoisotopic (exact) mass is 335 g/mol. The van der Waals surface area contributed by atoms with Crippen molar-refractivity contribution in [1.29, 1.82) is 0 Å². The Kier molecular flexibility index (Phi) is 5.04. The van der Waals surface area contributed by atoms with Gasteiger partial charge in [-0.15, -0.1) is 0 Å². The summed E-state index contributed by atoms with van der Waals surface area (Å²) in [4.78, 5) is 11.1. The van der Waals surface area contributed by atoms with Gasteiger partial charge in [0.15, 0.2) is 0 Å². The van der Waals surface area contributed by atoms with Gasteiger partial charge < -0.3 is 14.4 Å². The van der Waals surface area contributed by atoms with E-state index in [4.69, 9.17) is 14.6 Å². The van der Waals surface area contributed by atoms with Crippen LogP contribution in [-0.2, 0) is 0 Å². The van der Waals surface area contributed by atoms with Gasteiger partial charge in [0.05, 0.1) is 19.6 Å². The average molecular weight is 335 g/mol. The van der Waals surface area contributed by atoms with Crippen LogP contribution in [0.3, 0.4) is 0 Å². The molecule has 2 heterocycles. The predicted molar refractivity (Wildman–Crippen MR) is 92.7 cm³/mol. The molecule has 0 atom stereocenters. The Morgan fingerprint density at radius 1 is 1.30 bits per heavy atom. The van der Waals surface area contributed by atoms with Crippen molar-refractivity contribution in [3.63, 3.8) is 0 Å². The molecule has 0 aliphatic carbocycles. The summed E-state index contributed by atoms with van der Waals surface area (Å²) >= 11 is 1.17. The molecule has 0 unspecified atom stereocenters. The maximum Gasteiger partial charge on any atom is 0.148 e. The van der Waals surface area contributed by atoms with Crippen LogP contribution in [0.2, 0.25) is 0 Å². The summed E-state index contributed by atoms with van der Waals surface area (Å²) in [6, 6.07) is 3.81. The highest BCUT2D eigenvalue weighted by Gasteiger charge is 2.29. The minimum absolute atomic E-state index is 0.659. The number of methoxy groups -OCH3 is 2. The Morgan fingerprint density at radius 3 is 2.83 bits per heavy atom. The highest BCUT2D eigenvalue weighted by molar-refractivity contribution is 7.95. The molecule has 1 aromatic carbocycles. The normalized spacial score (nSPS) is 14.8. The highest BCUT2D eigenvalue weighted by atomic mass is 32.2. The van der Waals surface area contributed by atoms with Crippen molar-refractivity contribution in [2.75, 3.05) is 38.8 Å². The fourth-order valence-corrected chi connectivity index (χ4v) is 3.11. The number of fused-ring (bicyclic) bond motifs is 1. The summed E-state index contributed by atoms with van der Waals surface area (Å²) in [5, 5.41) is 6.32. The molecule has 0 radical (unpaired) electrons. The molecule has 0 amide bonds. The van der Waals surface area contributed by atoms with Gasteiger partial charge in [0, 0.05) is 37.8 Å². The third kappa shape index (κ3) is 3.29. The molecular formula is C15H21N5O2S. The van der Waals surface area contributed by atoms with Gasteiger partial charge in [-0.2, -0.15) is 0 Å². The summed E-state index contributed by atoms with van der Waals surface area (Å²) in [6.07, 6.45) is 2.70. The van der Waals surface area contributed by atoms with Gasteiger partial charge in [0.2, 0.25) is 0 Å². The van der Waals surface area contributed by atoms with Crippen LogP contribution in [0.1, 0.15) is 6.42 Å². The van der Waals surface area contributed by atoms with Crippen molar-refractivity contribution in [1.82, 2.24) is 14.7 Å². The Balaban J connectivity index is 1.82. The van der Waals surface area contributed by atoms with Crippen LogP contribution < -0.4 is 24.2 Å². The number of rotatable bonds is 7. The van der Waals surface area contributed by atoms with Gasteiger partial charge in [-0.05, 0) is 18.4 Å². The minimum Gasteiger partial charge on any atom is -0.497 e. The largest absolute Gasteiger partial charge is 0.497 e. The second-order valence-corrected chi connectivity index (χ2v) is 6.02. The highest BCUT2D eigenvalue weighted by Crippen LogP contribution is 2.36.